The van der Waals surface area contributed by atoms with Gasteiger partial charge in [0.1, 0.15) is 0 Å². The number of fused-ring (bicyclic) bond motifs is 1. The van der Waals surface area contributed by atoms with Crippen LogP contribution in [0, 0.1) is 0 Å². The molecule has 0 aromatic heterocycles. The third-order valence-corrected chi connectivity index (χ3v) is 2.49. The smallest absolute Gasteiger partial charge is 0.224 e. The Balaban J connectivity index is 2.44. The first-order valence-electron chi connectivity index (χ1n) is 3.80. The Morgan fingerprint density at radius 3 is 3.00 bits per heavy atom. The van der Waals surface area contributed by atoms with Crippen molar-refractivity contribution in [2.24, 2.45) is 0 Å². The summed E-state index contributed by atoms with van der Waals surface area (Å²) in [6, 6.07) is 6.04. The average Bonchev–Trinajstić information content (AvgIpc) is 2.03. The maximum atomic E-state index is 11.0. The van der Waals surface area contributed by atoms with Gasteiger partial charge in [0, 0.05) is 11.0 Å². The molecule has 0 aliphatic carbocycles. The van der Waals surface area contributed by atoms with Gasteiger partial charge >= 0.3 is 0 Å². The quantitative estimate of drug-likeness (QED) is 0.715. The number of hydrogen-bond acceptors (Lipinski definition) is 1. The molecule has 2 nitrogen and oxygen atoms in total. The summed E-state index contributed by atoms with van der Waals surface area (Å²) < 4.78 is 1.04. The molecule has 0 saturated carbocycles. The van der Waals surface area contributed by atoms with E-state index in [2.05, 4.69) is 21.2 Å². The van der Waals surface area contributed by atoms with Gasteiger partial charge in [-0.2, -0.15) is 0 Å². The van der Waals surface area contributed by atoms with Gasteiger partial charge < -0.3 is 5.32 Å². The molecular formula is C9H8BrNO. The number of halogens is 1. The van der Waals surface area contributed by atoms with Crippen LogP contribution in [0.4, 0.5) is 0 Å². The normalized spacial score (nSPS) is 15.2. The first-order valence-corrected chi connectivity index (χ1v) is 4.59. The van der Waals surface area contributed by atoms with E-state index in [1.807, 2.05) is 18.2 Å². The second kappa shape index (κ2) is 2.90. The zero-order valence-electron chi connectivity index (χ0n) is 6.43. The minimum Gasteiger partial charge on any atom is -0.352 e. The lowest BCUT2D eigenvalue weighted by Gasteiger charge is -2.16. The van der Waals surface area contributed by atoms with Gasteiger partial charge in [0.05, 0.1) is 6.42 Å². The van der Waals surface area contributed by atoms with E-state index in [-0.39, 0.29) is 5.91 Å². The maximum absolute atomic E-state index is 11.0. The molecule has 3 heteroatoms. The molecule has 2 rings (SSSR count). The molecule has 0 unspecified atom stereocenters. The first-order chi connectivity index (χ1) is 5.75. The largest absolute Gasteiger partial charge is 0.352 e. The van der Waals surface area contributed by atoms with E-state index >= 15 is 0 Å². The molecule has 1 heterocycles. The Labute approximate surface area is 79.1 Å². The third-order valence-electron chi connectivity index (χ3n) is 2.00. The van der Waals surface area contributed by atoms with Crippen molar-refractivity contribution in [1.29, 1.82) is 0 Å². The summed E-state index contributed by atoms with van der Waals surface area (Å²) in [7, 11) is 0. The molecule has 1 aliphatic heterocycles. The van der Waals surface area contributed by atoms with Crippen LogP contribution in [0.25, 0.3) is 0 Å². The molecule has 1 aromatic rings. The van der Waals surface area contributed by atoms with E-state index in [4.69, 9.17) is 0 Å². The fourth-order valence-corrected chi connectivity index (χ4v) is 1.77. The molecule has 0 spiro atoms. The van der Waals surface area contributed by atoms with Crippen LogP contribution in [0.2, 0.25) is 0 Å². The molecule has 1 amide bonds. The topological polar surface area (TPSA) is 29.1 Å². The third kappa shape index (κ3) is 1.37. The van der Waals surface area contributed by atoms with Crippen LogP contribution in [-0.4, -0.2) is 5.91 Å². The Bertz CT molecular complexity index is 335. The number of carbonyl (C=O) groups is 1. The molecule has 0 fully saturated rings. The number of hydrogen-bond donors (Lipinski definition) is 1. The van der Waals surface area contributed by atoms with Crippen LogP contribution in [-0.2, 0) is 17.8 Å². The monoisotopic (exact) mass is 225 g/mol. The van der Waals surface area contributed by atoms with Crippen molar-refractivity contribution in [3.05, 3.63) is 33.8 Å². The standard InChI is InChI=1S/C9H8BrNO/c10-8-2-1-6-5-11-9(12)4-7(6)3-8/h1-3H,4-5H2,(H,11,12). The molecule has 1 N–H and O–H groups in total. The minimum atomic E-state index is 0.112. The van der Waals surface area contributed by atoms with E-state index in [0.717, 1.165) is 10.0 Å². The van der Waals surface area contributed by atoms with Gasteiger partial charge in [-0.05, 0) is 23.3 Å². The highest BCUT2D eigenvalue weighted by atomic mass is 79.9. The lowest BCUT2D eigenvalue weighted by molar-refractivity contribution is -0.121. The molecule has 1 aliphatic rings. The van der Waals surface area contributed by atoms with Crippen molar-refractivity contribution in [2.75, 3.05) is 0 Å². The highest BCUT2D eigenvalue weighted by Gasteiger charge is 2.13. The van der Waals surface area contributed by atoms with Gasteiger partial charge in [-0.15, -0.1) is 0 Å². The van der Waals surface area contributed by atoms with Crippen molar-refractivity contribution in [1.82, 2.24) is 5.32 Å². The summed E-state index contributed by atoms with van der Waals surface area (Å²) in [4.78, 5) is 11.0. The highest BCUT2D eigenvalue weighted by Crippen LogP contribution is 2.19. The van der Waals surface area contributed by atoms with Crippen molar-refractivity contribution in [3.8, 4) is 0 Å². The van der Waals surface area contributed by atoms with Gasteiger partial charge in [-0.25, -0.2) is 0 Å². The lowest BCUT2D eigenvalue weighted by atomic mass is 10.0. The summed E-state index contributed by atoms with van der Waals surface area (Å²) in [6.07, 6.45) is 0.509. The Hall–Kier alpha value is -0.830. The maximum Gasteiger partial charge on any atom is 0.224 e. The first kappa shape index (κ1) is 7.80. The van der Waals surface area contributed by atoms with Gasteiger partial charge in [0.25, 0.3) is 0 Å². The van der Waals surface area contributed by atoms with Gasteiger partial charge in [0.2, 0.25) is 5.91 Å². The van der Waals surface area contributed by atoms with Crippen molar-refractivity contribution < 1.29 is 4.79 Å². The molecule has 62 valence electrons. The molecular weight excluding hydrogens is 218 g/mol. The van der Waals surface area contributed by atoms with Gasteiger partial charge in [-0.1, -0.05) is 22.0 Å². The number of rotatable bonds is 0. The average molecular weight is 226 g/mol. The van der Waals surface area contributed by atoms with Crippen molar-refractivity contribution in [2.45, 2.75) is 13.0 Å². The zero-order valence-corrected chi connectivity index (χ0v) is 8.02. The van der Waals surface area contributed by atoms with E-state index in [1.54, 1.807) is 0 Å². The Morgan fingerprint density at radius 2 is 2.17 bits per heavy atom. The van der Waals surface area contributed by atoms with Crippen LogP contribution in [0.1, 0.15) is 11.1 Å². The van der Waals surface area contributed by atoms with E-state index in [1.165, 1.54) is 5.56 Å². The van der Waals surface area contributed by atoms with Crippen LogP contribution in [0.3, 0.4) is 0 Å². The predicted octanol–water partition coefficient (Wildman–Crippen LogP) is 1.62. The molecule has 0 bridgehead atoms. The zero-order chi connectivity index (χ0) is 8.55. The highest BCUT2D eigenvalue weighted by molar-refractivity contribution is 9.10. The van der Waals surface area contributed by atoms with Gasteiger partial charge in [-0.3, -0.25) is 4.79 Å². The molecule has 12 heavy (non-hydrogen) atoms. The molecule has 1 aromatic carbocycles. The molecule has 0 radical (unpaired) electrons. The summed E-state index contributed by atoms with van der Waals surface area (Å²) in [6.45, 7) is 0.668. The predicted molar refractivity (Wildman–Crippen MR) is 49.7 cm³/mol. The summed E-state index contributed by atoms with van der Waals surface area (Å²) in [5, 5.41) is 2.80. The minimum absolute atomic E-state index is 0.112. The summed E-state index contributed by atoms with van der Waals surface area (Å²) >= 11 is 3.38. The number of amides is 1. The van der Waals surface area contributed by atoms with Crippen LogP contribution >= 0.6 is 15.9 Å². The van der Waals surface area contributed by atoms with E-state index < -0.39 is 0 Å². The summed E-state index contributed by atoms with van der Waals surface area (Å²) in [5.41, 5.74) is 2.35. The van der Waals surface area contributed by atoms with Crippen LogP contribution < -0.4 is 5.32 Å². The van der Waals surface area contributed by atoms with Crippen LogP contribution in [0.5, 0.6) is 0 Å². The fraction of sp³-hybridized carbons (Fsp3) is 0.222. The molecule has 0 saturated heterocycles. The van der Waals surface area contributed by atoms with Crippen molar-refractivity contribution in [3.63, 3.8) is 0 Å². The van der Waals surface area contributed by atoms with E-state index in [9.17, 15) is 4.79 Å². The van der Waals surface area contributed by atoms with Crippen molar-refractivity contribution >= 4 is 21.8 Å². The SMILES string of the molecule is O=C1Cc2cc(Br)ccc2CN1. The van der Waals surface area contributed by atoms with E-state index in [0.29, 0.717) is 13.0 Å². The fourth-order valence-electron chi connectivity index (χ4n) is 1.36. The number of nitrogens with one attached hydrogen (secondary N) is 1. The molecule has 0 atom stereocenters. The Kier molecular flexibility index (Phi) is 1.89. The summed E-state index contributed by atoms with van der Waals surface area (Å²) in [5.74, 6) is 0.112. The number of carbonyl (C=O) groups excluding carboxylic acids is 1. The second-order valence-corrected chi connectivity index (χ2v) is 3.78. The second-order valence-electron chi connectivity index (χ2n) is 2.87. The van der Waals surface area contributed by atoms with Gasteiger partial charge in [0.15, 0.2) is 0 Å². The Morgan fingerprint density at radius 1 is 1.33 bits per heavy atom. The lowest BCUT2D eigenvalue weighted by Crippen LogP contribution is -2.30. The van der Waals surface area contributed by atoms with Crippen LogP contribution in [0.15, 0.2) is 22.7 Å². The number of benzene rings is 1.